The highest BCUT2D eigenvalue weighted by molar-refractivity contribution is 7.09. The van der Waals surface area contributed by atoms with Gasteiger partial charge in [0.2, 0.25) is 5.91 Å². The van der Waals surface area contributed by atoms with E-state index in [0.717, 1.165) is 52.0 Å². The van der Waals surface area contributed by atoms with E-state index in [9.17, 15) is 4.79 Å². The lowest BCUT2D eigenvalue weighted by atomic mass is 9.88. The fraction of sp³-hybridized carbons (Fsp3) is 0.800. The fourth-order valence-corrected chi connectivity index (χ4v) is 4.81. The van der Waals surface area contributed by atoms with Crippen LogP contribution in [0.5, 0.6) is 0 Å². The number of hydrogen-bond acceptors (Lipinski definition) is 4. The molecule has 3 rings (SSSR count). The van der Waals surface area contributed by atoms with E-state index < -0.39 is 0 Å². The Morgan fingerprint density at radius 2 is 1.88 bits per heavy atom. The van der Waals surface area contributed by atoms with Gasteiger partial charge in [0, 0.05) is 49.4 Å². The first-order chi connectivity index (χ1) is 11.9. The molecule has 1 saturated carbocycles. The second kappa shape index (κ2) is 8.17. The van der Waals surface area contributed by atoms with Gasteiger partial charge in [0.15, 0.2) is 0 Å². The highest BCUT2D eigenvalue weighted by Gasteiger charge is 2.27. The van der Waals surface area contributed by atoms with Crippen LogP contribution in [0.1, 0.15) is 70.0 Å². The van der Waals surface area contributed by atoms with Crippen molar-refractivity contribution in [3.63, 3.8) is 0 Å². The number of rotatable bonds is 3. The topological polar surface area (TPSA) is 36.4 Å². The maximum Gasteiger partial charge on any atom is 0.225 e. The van der Waals surface area contributed by atoms with Crippen LogP contribution in [-0.4, -0.2) is 46.9 Å². The Kier molecular flexibility index (Phi) is 6.16. The second-order valence-electron chi connectivity index (χ2n) is 8.68. The molecule has 140 valence electrons. The van der Waals surface area contributed by atoms with Crippen molar-refractivity contribution in [2.45, 2.75) is 71.3 Å². The molecule has 1 aromatic heterocycles. The molecule has 1 aliphatic heterocycles. The number of hydrogen-bond donors (Lipinski definition) is 0. The number of carbonyl (C=O) groups is 1. The average Bonchev–Trinajstić information content (AvgIpc) is 2.94. The van der Waals surface area contributed by atoms with E-state index in [2.05, 4.69) is 36.0 Å². The number of amides is 1. The first-order valence-electron chi connectivity index (χ1n) is 9.89. The molecule has 25 heavy (non-hydrogen) atoms. The SMILES string of the molecule is CC(C)(C)c1nc(CN2CCCN(C(=O)C3CCCCC3)CC2)cs1. The Morgan fingerprint density at radius 3 is 2.56 bits per heavy atom. The van der Waals surface area contributed by atoms with Gasteiger partial charge in [0.25, 0.3) is 0 Å². The maximum atomic E-state index is 12.8. The van der Waals surface area contributed by atoms with Crippen LogP contribution < -0.4 is 0 Å². The summed E-state index contributed by atoms with van der Waals surface area (Å²) in [5.74, 6) is 0.721. The molecular weight excluding hydrogens is 330 g/mol. The third kappa shape index (κ3) is 5.04. The molecule has 1 saturated heterocycles. The molecule has 0 bridgehead atoms. The van der Waals surface area contributed by atoms with Gasteiger partial charge in [-0.15, -0.1) is 11.3 Å². The molecule has 2 fully saturated rings. The minimum absolute atomic E-state index is 0.130. The number of aromatic nitrogens is 1. The molecule has 1 aliphatic carbocycles. The predicted molar refractivity (Wildman–Crippen MR) is 104 cm³/mol. The molecule has 2 aliphatic rings. The molecule has 5 heteroatoms. The van der Waals surface area contributed by atoms with Crippen molar-refractivity contribution >= 4 is 17.2 Å². The minimum atomic E-state index is 0.130. The molecule has 0 spiro atoms. The summed E-state index contributed by atoms with van der Waals surface area (Å²) < 4.78 is 0. The number of nitrogens with zero attached hydrogens (tertiary/aromatic N) is 3. The zero-order valence-electron chi connectivity index (χ0n) is 16.1. The highest BCUT2D eigenvalue weighted by Crippen LogP contribution is 2.27. The maximum absolute atomic E-state index is 12.8. The Morgan fingerprint density at radius 1 is 1.12 bits per heavy atom. The largest absolute Gasteiger partial charge is 0.341 e. The molecule has 0 aromatic carbocycles. The van der Waals surface area contributed by atoms with Gasteiger partial charge in [-0.05, 0) is 19.3 Å². The van der Waals surface area contributed by atoms with Gasteiger partial charge in [-0.25, -0.2) is 4.98 Å². The van der Waals surface area contributed by atoms with Crippen molar-refractivity contribution in [2.24, 2.45) is 5.92 Å². The highest BCUT2D eigenvalue weighted by atomic mass is 32.1. The van der Waals surface area contributed by atoms with Gasteiger partial charge in [0.05, 0.1) is 10.7 Å². The second-order valence-corrected chi connectivity index (χ2v) is 9.54. The van der Waals surface area contributed by atoms with Gasteiger partial charge >= 0.3 is 0 Å². The molecule has 1 amide bonds. The van der Waals surface area contributed by atoms with Crippen molar-refractivity contribution in [2.75, 3.05) is 26.2 Å². The lowest BCUT2D eigenvalue weighted by molar-refractivity contribution is -0.136. The van der Waals surface area contributed by atoms with Crippen LogP contribution >= 0.6 is 11.3 Å². The molecule has 1 aromatic rings. The van der Waals surface area contributed by atoms with E-state index in [1.54, 1.807) is 11.3 Å². The molecular formula is C20H33N3OS. The quantitative estimate of drug-likeness (QED) is 0.813. The van der Waals surface area contributed by atoms with Crippen molar-refractivity contribution in [1.29, 1.82) is 0 Å². The van der Waals surface area contributed by atoms with Gasteiger partial charge in [-0.1, -0.05) is 40.0 Å². The lowest BCUT2D eigenvalue weighted by Gasteiger charge is -2.28. The normalized spacial score (nSPS) is 21.3. The Balaban J connectivity index is 1.53. The van der Waals surface area contributed by atoms with Gasteiger partial charge in [0.1, 0.15) is 0 Å². The molecule has 0 radical (unpaired) electrons. The molecule has 2 heterocycles. The van der Waals surface area contributed by atoms with E-state index in [4.69, 9.17) is 4.98 Å². The van der Waals surface area contributed by atoms with Crippen molar-refractivity contribution in [3.8, 4) is 0 Å². The minimum Gasteiger partial charge on any atom is -0.341 e. The van der Waals surface area contributed by atoms with Crippen LogP contribution in [-0.2, 0) is 16.8 Å². The van der Waals surface area contributed by atoms with E-state index in [0.29, 0.717) is 11.8 Å². The zero-order chi connectivity index (χ0) is 17.9. The van der Waals surface area contributed by atoms with Crippen LogP contribution in [0.15, 0.2) is 5.38 Å². The van der Waals surface area contributed by atoms with Crippen LogP contribution in [0.4, 0.5) is 0 Å². The molecule has 4 nitrogen and oxygen atoms in total. The van der Waals surface area contributed by atoms with Crippen molar-refractivity contribution < 1.29 is 4.79 Å². The van der Waals surface area contributed by atoms with Crippen LogP contribution in [0.2, 0.25) is 0 Å². The van der Waals surface area contributed by atoms with Gasteiger partial charge < -0.3 is 4.90 Å². The monoisotopic (exact) mass is 363 g/mol. The van der Waals surface area contributed by atoms with E-state index in [1.807, 2.05) is 0 Å². The van der Waals surface area contributed by atoms with E-state index in [1.165, 1.54) is 30.0 Å². The predicted octanol–water partition coefficient (Wildman–Crippen LogP) is 4.06. The smallest absolute Gasteiger partial charge is 0.225 e. The summed E-state index contributed by atoms with van der Waals surface area (Å²) in [5.41, 5.74) is 1.31. The first-order valence-corrected chi connectivity index (χ1v) is 10.8. The summed E-state index contributed by atoms with van der Waals surface area (Å²) in [6, 6.07) is 0. The summed E-state index contributed by atoms with van der Waals surface area (Å²) in [5, 5.41) is 3.42. The average molecular weight is 364 g/mol. The van der Waals surface area contributed by atoms with Gasteiger partial charge in [-0.3, -0.25) is 9.69 Å². The van der Waals surface area contributed by atoms with Crippen LogP contribution in [0, 0.1) is 5.92 Å². The zero-order valence-corrected chi connectivity index (χ0v) is 16.9. The van der Waals surface area contributed by atoms with Crippen molar-refractivity contribution in [3.05, 3.63) is 16.1 Å². The summed E-state index contributed by atoms with van der Waals surface area (Å²) in [6.07, 6.45) is 7.06. The first kappa shape index (κ1) is 18.8. The van der Waals surface area contributed by atoms with Crippen LogP contribution in [0.25, 0.3) is 0 Å². The van der Waals surface area contributed by atoms with Gasteiger partial charge in [-0.2, -0.15) is 0 Å². The Labute approximate surface area is 156 Å². The number of carbonyl (C=O) groups excluding carboxylic acids is 1. The van der Waals surface area contributed by atoms with E-state index >= 15 is 0 Å². The molecule has 0 N–H and O–H groups in total. The standard InChI is InChI=1S/C20H33N3OS/c1-20(2,3)19-21-17(15-25-19)14-22-10-7-11-23(13-12-22)18(24)16-8-5-4-6-9-16/h15-16H,4-14H2,1-3H3. The Bertz CT molecular complexity index is 572. The summed E-state index contributed by atoms with van der Waals surface area (Å²) in [6.45, 7) is 11.4. The van der Waals surface area contributed by atoms with Crippen LogP contribution in [0.3, 0.4) is 0 Å². The Hall–Kier alpha value is -0.940. The fourth-order valence-electron chi connectivity index (χ4n) is 3.91. The van der Waals surface area contributed by atoms with Crippen molar-refractivity contribution in [1.82, 2.24) is 14.8 Å². The third-order valence-corrected chi connectivity index (χ3v) is 6.75. The third-order valence-electron chi connectivity index (χ3n) is 5.43. The number of thiazole rings is 1. The summed E-state index contributed by atoms with van der Waals surface area (Å²) >= 11 is 1.77. The lowest BCUT2D eigenvalue weighted by Crippen LogP contribution is -2.39. The summed E-state index contributed by atoms with van der Waals surface area (Å²) in [7, 11) is 0. The molecule has 0 unspecified atom stereocenters. The van der Waals surface area contributed by atoms with E-state index in [-0.39, 0.29) is 5.41 Å². The molecule has 0 atom stereocenters. The summed E-state index contributed by atoms with van der Waals surface area (Å²) in [4.78, 5) is 22.2.